The van der Waals surface area contributed by atoms with Crippen LogP contribution in [0, 0.1) is 17.7 Å². The molecule has 2 aliphatic heterocycles. The molecule has 2 N–H and O–H groups in total. The van der Waals surface area contributed by atoms with E-state index in [1.54, 1.807) is 5.32 Å². The van der Waals surface area contributed by atoms with Gasteiger partial charge in [0.05, 0.1) is 36.1 Å². The summed E-state index contributed by atoms with van der Waals surface area (Å²) in [5.41, 5.74) is -2.03. The van der Waals surface area contributed by atoms with Crippen LogP contribution >= 0.6 is 0 Å². The van der Waals surface area contributed by atoms with Gasteiger partial charge in [0.1, 0.15) is 11.9 Å². The molecule has 2 fully saturated rings. The van der Waals surface area contributed by atoms with E-state index in [2.05, 4.69) is 5.32 Å². The summed E-state index contributed by atoms with van der Waals surface area (Å²) in [5.74, 6) is -5.55. The molecular formula is C27H26F7N3O4. The number of nitrogens with zero attached hydrogens (tertiary/aromatic N) is 1. The number of hydrogen-bond acceptors (Lipinski definition) is 4. The number of anilines is 1. The van der Waals surface area contributed by atoms with Crippen molar-refractivity contribution in [3.63, 3.8) is 0 Å². The molecule has 0 saturated carbocycles. The van der Waals surface area contributed by atoms with Gasteiger partial charge >= 0.3 is 18.3 Å². The van der Waals surface area contributed by atoms with Crippen LogP contribution in [-0.2, 0) is 20.5 Å². The van der Waals surface area contributed by atoms with Crippen molar-refractivity contribution in [2.75, 3.05) is 25.1 Å². The number of amides is 3. The van der Waals surface area contributed by atoms with Gasteiger partial charge < -0.3 is 20.3 Å². The molecule has 4 rings (SSSR count). The smallest absolute Gasteiger partial charge is 0.381 e. The summed E-state index contributed by atoms with van der Waals surface area (Å²) in [7, 11) is 0. The van der Waals surface area contributed by atoms with Gasteiger partial charge in [-0.25, -0.2) is 4.39 Å². The number of alkyl halides is 6. The summed E-state index contributed by atoms with van der Waals surface area (Å²) in [6.45, 7) is 2.14. The standard InChI is InChI=1S/C27H26F7N3O4/c1-2-14-9-21(37(11-14)24(39)18-5-3-4-6-20(18)35-25(40)27(32,33)34)23(38)36-22(15-12-41-13-15)17-8-7-16(10-19(17)28)26(29,30)31/h3-8,10,14-15,21-22H,2,9,11-13H2,1H3,(H,35,40)(H,36,38)/t14-,21-,22?/m1/s1. The number of para-hydroxylation sites is 1. The van der Waals surface area contributed by atoms with E-state index in [-0.39, 0.29) is 43.2 Å². The summed E-state index contributed by atoms with van der Waals surface area (Å²) in [4.78, 5) is 39.8. The van der Waals surface area contributed by atoms with Gasteiger partial charge in [-0.05, 0) is 36.6 Å². The molecule has 222 valence electrons. The van der Waals surface area contributed by atoms with E-state index in [0.29, 0.717) is 18.6 Å². The third kappa shape index (κ3) is 6.63. The molecule has 2 saturated heterocycles. The number of likely N-dealkylation sites (tertiary alicyclic amines) is 1. The molecule has 3 amide bonds. The highest BCUT2D eigenvalue weighted by Crippen LogP contribution is 2.36. The summed E-state index contributed by atoms with van der Waals surface area (Å²) in [6, 6.07) is 4.89. The van der Waals surface area contributed by atoms with Crippen molar-refractivity contribution in [3.05, 3.63) is 65.0 Å². The van der Waals surface area contributed by atoms with Gasteiger partial charge in [-0.1, -0.05) is 31.5 Å². The van der Waals surface area contributed by atoms with E-state index in [4.69, 9.17) is 4.74 Å². The molecule has 0 aromatic heterocycles. The molecule has 2 heterocycles. The Morgan fingerprint density at radius 2 is 1.73 bits per heavy atom. The summed E-state index contributed by atoms with van der Waals surface area (Å²) >= 11 is 0. The summed E-state index contributed by atoms with van der Waals surface area (Å²) in [5, 5.41) is 4.35. The van der Waals surface area contributed by atoms with Gasteiger partial charge in [0.2, 0.25) is 5.91 Å². The first kappa shape index (κ1) is 30.3. The van der Waals surface area contributed by atoms with Gasteiger partial charge in [-0.3, -0.25) is 14.4 Å². The Morgan fingerprint density at radius 1 is 1.05 bits per heavy atom. The maximum Gasteiger partial charge on any atom is 0.471 e. The van der Waals surface area contributed by atoms with Crippen molar-refractivity contribution in [2.24, 2.45) is 11.8 Å². The Kier molecular flexibility index (Phi) is 8.62. The lowest BCUT2D eigenvalue weighted by atomic mass is 9.90. The van der Waals surface area contributed by atoms with Crippen LogP contribution < -0.4 is 10.6 Å². The topological polar surface area (TPSA) is 87.7 Å². The molecule has 3 atom stereocenters. The van der Waals surface area contributed by atoms with Crippen molar-refractivity contribution in [1.82, 2.24) is 10.2 Å². The number of nitrogens with one attached hydrogen (secondary N) is 2. The minimum absolute atomic E-state index is 0.0841. The van der Waals surface area contributed by atoms with E-state index < -0.39 is 65.1 Å². The van der Waals surface area contributed by atoms with Crippen molar-refractivity contribution < 1.29 is 49.9 Å². The second-order valence-electron chi connectivity index (χ2n) is 10.00. The van der Waals surface area contributed by atoms with Crippen molar-refractivity contribution in [3.8, 4) is 0 Å². The monoisotopic (exact) mass is 589 g/mol. The third-order valence-electron chi connectivity index (χ3n) is 7.29. The molecule has 2 aliphatic rings. The Labute approximate surface area is 230 Å². The molecule has 41 heavy (non-hydrogen) atoms. The van der Waals surface area contributed by atoms with E-state index in [1.165, 1.54) is 23.1 Å². The van der Waals surface area contributed by atoms with E-state index in [1.807, 2.05) is 6.92 Å². The SMILES string of the molecule is CC[C@@H]1C[C@H](C(=O)NC(c2ccc(C(F)(F)F)cc2F)C2COC2)N(C(=O)c2ccccc2NC(=O)C(F)(F)F)C1. The average molecular weight is 590 g/mol. The Morgan fingerprint density at radius 3 is 2.29 bits per heavy atom. The predicted octanol–water partition coefficient (Wildman–Crippen LogP) is 5.09. The van der Waals surface area contributed by atoms with Gasteiger partial charge in [0, 0.05) is 18.0 Å². The van der Waals surface area contributed by atoms with Crippen LogP contribution in [-0.4, -0.2) is 54.6 Å². The van der Waals surface area contributed by atoms with Crippen LogP contribution in [0.5, 0.6) is 0 Å². The van der Waals surface area contributed by atoms with E-state index >= 15 is 0 Å². The molecule has 1 unspecified atom stereocenters. The first-order valence-corrected chi connectivity index (χ1v) is 12.7. The number of hydrogen-bond donors (Lipinski definition) is 2. The number of benzene rings is 2. The second-order valence-corrected chi connectivity index (χ2v) is 10.00. The fraction of sp³-hybridized carbons (Fsp3) is 0.444. The molecule has 0 aliphatic carbocycles. The van der Waals surface area contributed by atoms with Crippen LogP contribution in [0.15, 0.2) is 42.5 Å². The summed E-state index contributed by atoms with van der Waals surface area (Å²) < 4.78 is 97.8. The van der Waals surface area contributed by atoms with Crippen LogP contribution in [0.3, 0.4) is 0 Å². The van der Waals surface area contributed by atoms with Crippen molar-refractivity contribution >= 4 is 23.4 Å². The third-order valence-corrected chi connectivity index (χ3v) is 7.29. The van der Waals surface area contributed by atoms with E-state index in [0.717, 1.165) is 12.1 Å². The molecule has 14 heteroatoms. The van der Waals surface area contributed by atoms with Gasteiger partial charge in [-0.2, -0.15) is 26.3 Å². The molecule has 0 bridgehead atoms. The molecule has 0 radical (unpaired) electrons. The van der Waals surface area contributed by atoms with Crippen LogP contribution in [0.1, 0.15) is 47.3 Å². The van der Waals surface area contributed by atoms with Crippen LogP contribution in [0.4, 0.5) is 36.4 Å². The second kappa shape index (κ2) is 11.7. The lowest BCUT2D eigenvalue weighted by Crippen LogP contribution is -2.50. The van der Waals surface area contributed by atoms with Crippen molar-refractivity contribution in [2.45, 2.75) is 44.2 Å². The average Bonchev–Trinajstić information content (AvgIpc) is 3.31. The molecule has 2 aromatic carbocycles. The molecular weight excluding hydrogens is 563 g/mol. The molecule has 7 nitrogen and oxygen atoms in total. The molecule has 0 spiro atoms. The summed E-state index contributed by atoms with van der Waals surface area (Å²) in [6.07, 6.45) is -9.22. The fourth-order valence-electron chi connectivity index (χ4n) is 4.92. The van der Waals surface area contributed by atoms with Gasteiger partial charge in [0.15, 0.2) is 0 Å². The number of carbonyl (C=O) groups is 3. The highest BCUT2D eigenvalue weighted by Gasteiger charge is 2.43. The quantitative estimate of drug-likeness (QED) is 0.441. The highest BCUT2D eigenvalue weighted by atomic mass is 19.4. The largest absolute Gasteiger partial charge is 0.471 e. The first-order valence-electron chi connectivity index (χ1n) is 12.7. The number of rotatable bonds is 7. The zero-order valence-corrected chi connectivity index (χ0v) is 21.6. The van der Waals surface area contributed by atoms with Crippen molar-refractivity contribution in [1.29, 1.82) is 0 Å². The Bertz CT molecular complexity index is 1310. The number of carbonyl (C=O) groups excluding carboxylic acids is 3. The zero-order valence-electron chi connectivity index (χ0n) is 21.6. The lowest BCUT2D eigenvalue weighted by molar-refractivity contribution is -0.167. The van der Waals surface area contributed by atoms with Gasteiger partial charge in [0.25, 0.3) is 5.91 Å². The normalized spacial score (nSPS) is 20.3. The maximum absolute atomic E-state index is 14.9. The maximum atomic E-state index is 14.9. The number of halogens is 7. The minimum Gasteiger partial charge on any atom is -0.381 e. The Balaban J connectivity index is 1.60. The highest BCUT2D eigenvalue weighted by molar-refractivity contribution is 6.06. The fourth-order valence-corrected chi connectivity index (χ4v) is 4.92. The Hall–Kier alpha value is -3.68. The number of ether oxygens (including phenoxy) is 1. The first-order chi connectivity index (χ1) is 19.2. The van der Waals surface area contributed by atoms with Crippen LogP contribution in [0.2, 0.25) is 0 Å². The zero-order chi connectivity index (χ0) is 30.1. The lowest BCUT2D eigenvalue weighted by Gasteiger charge is -2.36. The van der Waals surface area contributed by atoms with Gasteiger partial charge in [-0.15, -0.1) is 0 Å². The van der Waals surface area contributed by atoms with Crippen LogP contribution in [0.25, 0.3) is 0 Å². The predicted molar refractivity (Wildman–Crippen MR) is 131 cm³/mol. The molecule has 2 aromatic rings. The van der Waals surface area contributed by atoms with E-state index in [9.17, 15) is 45.1 Å². The minimum atomic E-state index is -5.20.